The molecular formula is C16H27N3O2. The zero-order chi connectivity index (χ0) is 15.9. The third-order valence-electron chi connectivity index (χ3n) is 3.86. The summed E-state index contributed by atoms with van der Waals surface area (Å²) in [5.74, 6) is -0.836. The van der Waals surface area contributed by atoms with Gasteiger partial charge in [-0.2, -0.15) is 0 Å². The molecule has 0 aliphatic heterocycles. The fourth-order valence-electron chi connectivity index (χ4n) is 2.31. The fourth-order valence-corrected chi connectivity index (χ4v) is 2.31. The van der Waals surface area contributed by atoms with Gasteiger partial charge in [-0.05, 0) is 40.2 Å². The third-order valence-corrected chi connectivity index (χ3v) is 3.86. The summed E-state index contributed by atoms with van der Waals surface area (Å²) in [6, 6.07) is 9.38. The standard InChI is InChI=1S/C16H27N3O2/c1-17-16(15(20)21,14-8-6-5-7-9-14)10-11-19(4)13-12-18(2)3/h5-9,17H,10-13H2,1-4H3,(H,20,21). The van der Waals surface area contributed by atoms with Crippen molar-refractivity contribution in [2.75, 3.05) is 47.8 Å². The zero-order valence-corrected chi connectivity index (χ0v) is 13.5. The van der Waals surface area contributed by atoms with Crippen LogP contribution in [0.15, 0.2) is 30.3 Å². The monoisotopic (exact) mass is 293 g/mol. The molecule has 118 valence electrons. The number of likely N-dealkylation sites (N-methyl/N-ethyl adjacent to an activating group) is 3. The van der Waals surface area contributed by atoms with E-state index in [0.29, 0.717) is 6.42 Å². The van der Waals surface area contributed by atoms with Crippen molar-refractivity contribution in [3.05, 3.63) is 35.9 Å². The first-order chi connectivity index (χ1) is 9.92. The summed E-state index contributed by atoms with van der Waals surface area (Å²) >= 11 is 0. The SMILES string of the molecule is CNC(CCN(C)CCN(C)C)(C(=O)O)c1ccccc1. The van der Waals surface area contributed by atoms with Crippen molar-refractivity contribution < 1.29 is 9.90 Å². The van der Waals surface area contributed by atoms with Gasteiger partial charge in [-0.25, -0.2) is 4.79 Å². The number of hydrogen-bond donors (Lipinski definition) is 2. The van der Waals surface area contributed by atoms with Gasteiger partial charge < -0.3 is 20.2 Å². The van der Waals surface area contributed by atoms with E-state index in [-0.39, 0.29) is 0 Å². The first-order valence-corrected chi connectivity index (χ1v) is 7.23. The van der Waals surface area contributed by atoms with Crippen LogP contribution in [0.4, 0.5) is 0 Å². The van der Waals surface area contributed by atoms with E-state index in [1.807, 2.05) is 51.5 Å². The van der Waals surface area contributed by atoms with Gasteiger partial charge in [0.05, 0.1) is 0 Å². The minimum absolute atomic E-state index is 0.521. The Bertz CT molecular complexity index is 436. The lowest BCUT2D eigenvalue weighted by molar-refractivity contribution is -0.145. The average molecular weight is 293 g/mol. The van der Waals surface area contributed by atoms with E-state index in [4.69, 9.17) is 0 Å². The predicted octanol–water partition coefficient (Wildman–Crippen LogP) is 1.07. The van der Waals surface area contributed by atoms with Gasteiger partial charge in [0.25, 0.3) is 0 Å². The summed E-state index contributed by atoms with van der Waals surface area (Å²) in [6.07, 6.45) is 0.521. The quantitative estimate of drug-likeness (QED) is 0.713. The molecule has 0 heterocycles. The highest BCUT2D eigenvalue weighted by Gasteiger charge is 2.38. The van der Waals surface area contributed by atoms with Gasteiger partial charge in [-0.15, -0.1) is 0 Å². The largest absolute Gasteiger partial charge is 0.480 e. The highest BCUT2D eigenvalue weighted by atomic mass is 16.4. The molecule has 21 heavy (non-hydrogen) atoms. The van der Waals surface area contributed by atoms with Crippen LogP contribution in [0, 0.1) is 0 Å². The number of nitrogens with one attached hydrogen (secondary N) is 1. The Balaban J connectivity index is 2.78. The maximum absolute atomic E-state index is 11.8. The van der Waals surface area contributed by atoms with Crippen molar-refractivity contribution in [2.24, 2.45) is 0 Å². The van der Waals surface area contributed by atoms with Crippen molar-refractivity contribution in [3.63, 3.8) is 0 Å². The number of carbonyl (C=O) groups is 1. The average Bonchev–Trinajstić information content (AvgIpc) is 2.47. The first-order valence-electron chi connectivity index (χ1n) is 7.23. The van der Waals surface area contributed by atoms with E-state index in [1.54, 1.807) is 7.05 Å². The second kappa shape index (κ2) is 8.12. The number of aliphatic carboxylic acids is 1. The van der Waals surface area contributed by atoms with Gasteiger partial charge in [-0.1, -0.05) is 30.3 Å². The van der Waals surface area contributed by atoms with E-state index in [1.165, 1.54) is 0 Å². The lowest BCUT2D eigenvalue weighted by Crippen LogP contribution is -2.49. The Morgan fingerprint density at radius 1 is 1.14 bits per heavy atom. The Hall–Kier alpha value is -1.43. The van der Waals surface area contributed by atoms with Crippen LogP contribution in [0.25, 0.3) is 0 Å². The molecule has 1 atom stereocenters. The minimum Gasteiger partial charge on any atom is -0.480 e. The van der Waals surface area contributed by atoms with Gasteiger partial charge in [0.15, 0.2) is 0 Å². The van der Waals surface area contributed by atoms with Gasteiger partial charge in [0.2, 0.25) is 0 Å². The van der Waals surface area contributed by atoms with Gasteiger partial charge >= 0.3 is 5.97 Å². The molecule has 0 aliphatic carbocycles. The van der Waals surface area contributed by atoms with Crippen molar-refractivity contribution in [1.29, 1.82) is 0 Å². The summed E-state index contributed by atoms with van der Waals surface area (Å²) in [4.78, 5) is 16.1. The molecule has 0 fully saturated rings. The van der Waals surface area contributed by atoms with Gasteiger partial charge in [-0.3, -0.25) is 0 Å². The van der Waals surface area contributed by atoms with Crippen LogP contribution in [0.3, 0.4) is 0 Å². The normalized spacial score (nSPS) is 14.4. The molecule has 1 aromatic carbocycles. The van der Waals surface area contributed by atoms with E-state index in [2.05, 4.69) is 15.1 Å². The summed E-state index contributed by atoms with van der Waals surface area (Å²) in [6.45, 7) is 2.60. The summed E-state index contributed by atoms with van der Waals surface area (Å²) in [5.41, 5.74) is -0.241. The summed E-state index contributed by atoms with van der Waals surface area (Å²) < 4.78 is 0. The van der Waals surface area contributed by atoms with E-state index < -0.39 is 11.5 Å². The fraction of sp³-hybridized carbons (Fsp3) is 0.562. The van der Waals surface area contributed by atoms with Crippen LogP contribution in [0.5, 0.6) is 0 Å². The highest BCUT2D eigenvalue weighted by molar-refractivity contribution is 5.80. The lowest BCUT2D eigenvalue weighted by atomic mass is 9.86. The van der Waals surface area contributed by atoms with Crippen LogP contribution >= 0.6 is 0 Å². The molecule has 2 N–H and O–H groups in total. The predicted molar refractivity (Wildman–Crippen MR) is 85.5 cm³/mol. The van der Waals surface area contributed by atoms with E-state index in [0.717, 1.165) is 25.2 Å². The van der Waals surface area contributed by atoms with Crippen molar-refractivity contribution in [3.8, 4) is 0 Å². The molecule has 0 saturated heterocycles. The molecule has 1 unspecified atom stereocenters. The second-order valence-electron chi connectivity index (χ2n) is 5.68. The Labute approximate surface area is 127 Å². The second-order valence-corrected chi connectivity index (χ2v) is 5.68. The number of nitrogens with zero attached hydrogens (tertiary/aromatic N) is 2. The van der Waals surface area contributed by atoms with Crippen molar-refractivity contribution in [1.82, 2.24) is 15.1 Å². The molecule has 0 aliphatic rings. The van der Waals surface area contributed by atoms with Gasteiger partial charge in [0, 0.05) is 19.6 Å². The summed E-state index contributed by atoms with van der Waals surface area (Å²) in [5, 5.41) is 12.7. The maximum Gasteiger partial charge on any atom is 0.328 e. The van der Waals surface area contributed by atoms with Crippen LogP contribution in [0.1, 0.15) is 12.0 Å². The molecule has 0 spiro atoms. The number of carboxylic acid groups (broad SMARTS) is 1. The Kier molecular flexibility index (Phi) is 6.81. The van der Waals surface area contributed by atoms with Crippen LogP contribution in [-0.4, -0.2) is 68.7 Å². The molecule has 5 heteroatoms. The highest BCUT2D eigenvalue weighted by Crippen LogP contribution is 2.25. The van der Waals surface area contributed by atoms with Gasteiger partial charge in [0.1, 0.15) is 5.54 Å². The smallest absolute Gasteiger partial charge is 0.328 e. The van der Waals surface area contributed by atoms with Crippen molar-refractivity contribution >= 4 is 5.97 Å². The molecule has 5 nitrogen and oxygen atoms in total. The molecule has 0 aromatic heterocycles. The number of rotatable bonds is 9. The zero-order valence-electron chi connectivity index (χ0n) is 13.5. The third kappa shape index (κ3) is 4.81. The lowest BCUT2D eigenvalue weighted by Gasteiger charge is -2.31. The molecule has 1 aromatic rings. The Morgan fingerprint density at radius 3 is 2.24 bits per heavy atom. The van der Waals surface area contributed by atoms with E-state index >= 15 is 0 Å². The molecular weight excluding hydrogens is 266 g/mol. The maximum atomic E-state index is 11.8. The van der Waals surface area contributed by atoms with E-state index in [9.17, 15) is 9.90 Å². The molecule has 1 rings (SSSR count). The number of benzene rings is 1. The number of carboxylic acids is 1. The molecule has 0 bridgehead atoms. The number of hydrogen-bond acceptors (Lipinski definition) is 4. The Morgan fingerprint density at radius 2 is 1.76 bits per heavy atom. The van der Waals surface area contributed by atoms with Crippen LogP contribution < -0.4 is 5.32 Å². The molecule has 0 amide bonds. The van der Waals surface area contributed by atoms with Crippen LogP contribution in [-0.2, 0) is 10.3 Å². The molecule has 0 radical (unpaired) electrons. The van der Waals surface area contributed by atoms with Crippen LogP contribution in [0.2, 0.25) is 0 Å². The summed E-state index contributed by atoms with van der Waals surface area (Å²) in [7, 11) is 7.80. The molecule has 0 saturated carbocycles. The van der Waals surface area contributed by atoms with Crippen molar-refractivity contribution in [2.45, 2.75) is 12.0 Å². The topological polar surface area (TPSA) is 55.8 Å². The first kappa shape index (κ1) is 17.6. The minimum atomic E-state index is -1.03.